The number of nitrogens with one attached hydrogen (secondary N) is 1. The van der Waals surface area contributed by atoms with Gasteiger partial charge in [0.25, 0.3) is 5.69 Å². The topological polar surface area (TPSA) is 77.3 Å². The van der Waals surface area contributed by atoms with Crippen LogP contribution in [0.2, 0.25) is 0 Å². The van der Waals surface area contributed by atoms with E-state index in [0.717, 1.165) is 6.20 Å². The molecule has 0 saturated carbocycles. The molecule has 0 fully saturated rings. The molecule has 1 aromatic carbocycles. The number of halogens is 1. The van der Waals surface area contributed by atoms with Crippen LogP contribution in [-0.2, 0) is 0 Å². The van der Waals surface area contributed by atoms with Crippen molar-refractivity contribution in [1.29, 1.82) is 0 Å². The van der Waals surface area contributed by atoms with Crippen molar-refractivity contribution in [2.75, 3.05) is 12.4 Å². The summed E-state index contributed by atoms with van der Waals surface area (Å²) in [5.74, 6) is 0.0315. The van der Waals surface area contributed by atoms with Gasteiger partial charge in [0.15, 0.2) is 0 Å². The largest absolute Gasteiger partial charge is 0.495 e. The highest BCUT2D eigenvalue weighted by atomic mass is 19.1. The number of nitro groups is 1. The van der Waals surface area contributed by atoms with Crippen molar-refractivity contribution in [3.8, 4) is 5.75 Å². The van der Waals surface area contributed by atoms with Crippen LogP contribution in [0.25, 0.3) is 0 Å². The number of hydrogen-bond donors (Lipinski definition) is 1. The van der Waals surface area contributed by atoms with Gasteiger partial charge in [-0.05, 0) is 24.6 Å². The summed E-state index contributed by atoms with van der Waals surface area (Å²) in [6.45, 7) is 1.80. The number of nitrogens with zero attached hydrogens (tertiary/aromatic N) is 2. The highest BCUT2D eigenvalue weighted by Gasteiger charge is 2.14. The molecule has 6 nitrogen and oxygen atoms in total. The number of nitro benzene ring substituents is 1. The fourth-order valence-corrected chi connectivity index (χ4v) is 1.90. The number of benzene rings is 1. The van der Waals surface area contributed by atoms with Crippen molar-refractivity contribution < 1.29 is 14.1 Å². The van der Waals surface area contributed by atoms with Gasteiger partial charge in [-0.1, -0.05) is 0 Å². The van der Waals surface area contributed by atoms with Crippen molar-refractivity contribution in [3.05, 3.63) is 58.2 Å². The second-order valence-electron chi connectivity index (χ2n) is 4.44. The molecule has 0 aliphatic carbocycles. The summed E-state index contributed by atoms with van der Waals surface area (Å²) in [6, 6.07) is 5.32. The molecule has 0 saturated heterocycles. The molecule has 0 amide bonds. The van der Waals surface area contributed by atoms with E-state index in [2.05, 4.69) is 10.3 Å². The van der Waals surface area contributed by atoms with Crippen molar-refractivity contribution in [1.82, 2.24) is 4.98 Å². The van der Waals surface area contributed by atoms with Gasteiger partial charge >= 0.3 is 0 Å². The van der Waals surface area contributed by atoms with Crippen LogP contribution in [0, 0.1) is 15.9 Å². The second-order valence-corrected chi connectivity index (χ2v) is 4.44. The maximum absolute atomic E-state index is 13.2. The van der Waals surface area contributed by atoms with Gasteiger partial charge in [-0.25, -0.2) is 4.39 Å². The smallest absolute Gasteiger partial charge is 0.271 e. The SMILES string of the molecule is COc1ccc([N+](=O)[O-])cc1NC(C)c1cncc(F)c1. The summed E-state index contributed by atoms with van der Waals surface area (Å²) in [5, 5.41) is 13.9. The second kappa shape index (κ2) is 6.17. The van der Waals surface area contributed by atoms with E-state index in [1.807, 2.05) is 0 Å². The lowest BCUT2D eigenvalue weighted by Gasteiger charge is -2.17. The van der Waals surface area contributed by atoms with E-state index in [4.69, 9.17) is 4.74 Å². The van der Waals surface area contributed by atoms with Crippen LogP contribution >= 0.6 is 0 Å². The lowest BCUT2D eigenvalue weighted by molar-refractivity contribution is -0.384. The number of non-ortho nitro benzene ring substituents is 1. The molecular formula is C14H14FN3O3. The first-order valence-electron chi connectivity index (χ1n) is 6.20. The third-order valence-corrected chi connectivity index (χ3v) is 2.99. The molecule has 0 spiro atoms. The molecule has 7 heteroatoms. The highest BCUT2D eigenvalue weighted by molar-refractivity contribution is 5.62. The molecule has 1 heterocycles. The van der Waals surface area contributed by atoms with Crippen molar-refractivity contribution in [2.24, 2.45) is 0 Å². The molecule has 21 heavy (non-hydrogen) atoms. The van der Waals surface area contributed by atoms with Gasteiger partial charge < -0.3 is 10.1 Å². The maximum atomic E-state index is 13.2. The van der Waals surface area contributed by atoms with Crippen molar-refractivity contribution >= 4 is 11.4 Å². The Bertz CT molecular complexity index is 664. The zero-order valence-electron chi connectivity index (χ0n) is 11.5. The molecule has 1 atom stereocenters. The first kappa shape index (κ1) is 14.7. The van der Waals surface area contributed by atoms with Gasteiger partial charge in [0.05, 0.1) is 30.0 Å². The van der Waals surface area contributed by atoms with Crippen LogP contribution in [0.3, 0.4) is 0 Å². The quantitative estimate of drug-likeness (QED) is 0.675. The fraction of sp³-hybridized carbons (Fsp3) is 0.214. The minimum atomic E-state index is -0.487. The predicted octanol–water partition coefficient (Wildman–Crippen LogP) is 3.31. The van der Waals surface area contributed by atoms with E-state index in [9.17, 15) is 14.5 Å². The van der Waals surface area contributed by atoms with Crippen LogP contribution in [0.5, 0.6) is 5.75 Å². The van der Waals surface area contributed by atoms with Gasteiger partial charge in [0.2, 0.25) is 0 Å². The first-order chi connectivity index (χ1) is 10.0. The Labute approximate surface area is 120 Å². The number of pyridine rings is 1. The Morgan fingerprint density at radius 3 is 2.76 bits per heavy atom. The zero-order valence-corrected chi connectivity index (χ0v) is 11.5. The lowest BCUT2D eigenvalue weighted by Crippen LogP contribution is -2.08. The van der Waals surface area contributed by atoms with Crippen LogP contribution in [0.1, 0.15) is 18.5 Å². The minimum Gasteiger partial charge on any atom is -0.495 e. The molecule has 1 N–H and O–H groups in total. The number of anilines is 1. The van der Waals surface area contributed by atoms with E-state index < -0.39 is 10.7 Å². The molecule has 110 valence electrons. The first-order valence-corrected chi connectivity index (χ1v) is 6.20. The Hall–Kier alpha value is -2.70. The average Bonchev–Trinajstić information content (AvgIpc) is 2.47. The van der Waals surface area contributed by atoms with Gasteiger partial charge in [-0.3, -0.25) is 15.1 Å². The van der Waals surface area contributed by atoms with E-state index >= 15 is 0 Å². The van der Waals surface area contributed by atoms with E-state index in [1.165, 1.54) is 37.6 Å². The number of methoxy groups -OCH3 is 1. The van der Waals surface area contributed by atoms with Gasteiger partial charge in [0.1, 0.15) is 11.6 Å². The van der Waals surface area contributed by atoms with E-state index in [1.54, 1.807) is 6.92 Å². The van der Waals surface area contributed by atoms with Gasteiger partial charge in [-0.2, -0.15) is 0 Å². The monoisotopic (exact) mass is 291 g/mol. The third-order valence-electron chi connectivity index (χ3n) is 2.99. The number of hydrogen-bond acceptors (Lipinski definition) is 5. The Morgan fingerprint density at radius 2 is 2.14 bits per heavy atom. The van der Waals surface area contributed by atoms with Crippen LogP contribution in [0.4, 0.5) is 15.8 Å². The normalized spacial score (nSPS) is 11.8. The average molecular weight is 291 g/mol. The predicted molar refractivity (Wildman–Crippen MR) is 75.9 cm³/mol. The van der Waals surface area contributed by atoms with Crippen LogP contribution < -0.4 is 10.1 Å². The number of ether oxygens (including phenoxy) is 1. The summed E-state index contributed by atoms with van der Waals surface area (Å²) in [5.41, 5.74) is 1.04. The lowest BCUT2D eigenvalue weighted by atomic mass is 10.1. The fourth-order valence-electron chi connectivity index (χ4n) is 1.90. The summed E-state index contributed by atoms with van der Waals surface area (Å²) < 4.78 is 18.3. The molecule has 1 unspecified atom stereocenters. The molecule has 0 aliphatic rings. The van der Waals surface area contributed by atoms with Crippen LogP contribution in [0.15, 0.2) is 36.7 Å². The summed E-state index contributed by atoms with van der Waals surface area (Å²) >= 11 is 0. The summed E-state index contributed by atoms with van der Waals surface area (Å²) in [7, 11) is 1.47. The molecular weight excluding hydrogens is 277 g/mol. The summed E-state index contributed by atoms with van der Waals surface area (Å²) in [4.78, 5) is 14.1. The molecule has 0 radical (unpaired) electrons. The molecule has 2 rings (SSSR count). The molecule has 1 aromatic heterocycles. The standard InChI is InChI=1S/C14H14FN3O3/c1-9(10-5-11(15)8-16-7-10)17-13-6-12(18(19)20)3-4-14(13)21-2/h3-9,17H,1-2H3. The zero-order chi connectivity index (χ0) is 15.4. The maximum Gasteiger partial charge on any atom is 0.271 e. The molecule has 0 aliphatic heterocycles. The number of aromatic nitrogens is 1. The van der Waals surface area contributed by atoms with Gasteiger partial charge in [0, 0.05) is 18.3 Å². The minimum absolute atomic E-state index is 0.0529. The highest BCUT2D eigenvalue weighted by Crippen LogP contribution is 2.31. The van der Waals surface area contributed by atoms with Crippen LogP contribution in [-0.4, -0.2) is 17.0 Å². The molecule has 2 aromatic rings. The summed E-state index contributed by atoms with van der Waals surface area (Å²) in [6.07, 6.45) is 2.65. The van der Waals surface area contributed by atoms with E-state index in [-0.39, 0.29) is 11.7 Å². The van der Waals surface area contributed by atoms with E-state index in [0.29, 0.717) is 17.0 Å². The van der Waals surface area contributed by atoms with Gasteiger partial charge in [-0.15, -0.1) is 0 Å². The molecule has 0 bridgehead atoms. The third kappa shape index (κ3) is 3.44. The Kier molecular flexibility index (Phi) is 4.32. The Morgan fingerprint density at radius 1 is 1.38 bits per heavy atom. The Balaban J connectivity index is 2.29. The van der Waals surface area contributed by atoms with Crippen molar-refractivity contribution in [2.45, 2.75) is 13.0 Å². The number of rotatable bonds is 5. The van der Waals surface area contributed by atoms with Crippen molar-refractivity contribution in [3.63, 3.8) is 0 Å².